The number of anilines is 1. The van der Waals surface area contributed by atoms with Crippen LogP contribution in [0.1, 0.15) is 30.9 Å². The smallest absolute Gasteiger partial charge is 0.264 e. The molecule has 0 radical (unpaired) electrons. The molecular weight excluding hydrogens is 462 g/mol. The highest BCUT2D eigenvalue weighted by Crippen LogP contribution is 2.45. The molecule has 4 rings (SSSR count). The van der Waals surface area contributed by atoms with Gasteiger partial charge in [-0.05, 0) is 64.2 Å². The first-order valence-electron chi connectivity index (χ1n) is 10.1. The van der Waals surface area contributed by atoms with E-state index < -0.39 is 10.0 Å². The summed E-state index contributed by atoms with van der Waals surface area (Å²) in [5.41, 5.74) is 2.80. The number of nitrogens with zero attached hydrogens (tertiary/aromatic N) is 1. The summed E-state index contributed by atoms with van der Waals surface area (Å²) in [6.07, 6.45) is 2.38. The molecule has 6 heteroatoms. The number of ether oxygens (including phenoxy) is 1. The molecule has 30 heavy (non-hydrogen) atoms. The molecule has 1 aliphatic heterocycles. The average Bonchev–Trinajstić information content (AvgIpc) is 3.15. The second kappa shape index (κ2) is 8.82. The van der Waals surface area contributed by atoms with Crippen molar-refractivity contribution in [2.24, 2.45) is 0 Å². The quantitative estimate of drug-likeness (QED) is 0.415. The van der Waals surface area contributed by atoms with Crippen molar-refractivity contribution in [3.8, 4) is 5.75 Å². The Kier molecular flexibility index (Phi) is 6.16. The van der Waals surface area contributed by atoms with E-state index in [0.29, 0.717) is 17.9 Å². The summed E-state index contributed by atoms with van der Waals surface area (Å²) in [6.45, 7) is 2.54. The summed E-state index contributed by atoms with van der Waals surface area (Å²) >= 11 is 3.69. The van der Waals surface area contributed by atoms with Gasteiger partial charge in [0.2, 0.25) is 0 Å². The van der Waals surface area contributed by atoms with Gasteiger partial charge in [-0.2, -0.15) is 0 Å². The van der Waals surface area contributed by atoms with Crippen LogP contribution >= 0.6 is 15.9 Å². The maximum absolute atomic E-state index is 13.5. The van der Waals surface area contributed by atoms with Crippen LogP contribution in [0.5, 0.6) is 5.75 Å². The topological polar surface area (TPSA) is 46.6 Å². The van der Waals surface area contributed by atoms with E-state index in [4.69, 9.17) is 4.74 Å². The molecule has 1 unspecified atom stereocenters. The molecule has 1 heterocycles. The molecule has 0 aliphatic carbocycles. The number of sulfonamides is 1. The molecule has 1 aliphatic rings. The number of fused-ring (bicyclic) bond motifs is 1. The van der Waals surface area contributed by atoms with Gasteiger partial charge in [0.15, 0.2) is 0 Å². The van der Waals surface area contributed by atoms with Crippen molar-refractivity contribution in [1.82, 2.24) is 0 Å². The van der Waals surface area contributed by atoms with E-state index in [-0.39, 0.29) is 6.04 Å². The van der Waals surface area contributed by atoms with Gasteiger partial charge in [0.25, 0.3) is 10.0 Å². The van der Waals surface area contributed by atoms with Crippen LogP contribution in [-0.2, 0) is 23.1 Å². The SMILES string of the molecule is CCCC1Cc2c(ccc(OCc3ccccc3)c2Br)N1S(=O)(=O)c1ccccc1. The van der Waals surface area contributed by atoms with Crippen molar-refractivity contribution < 1.29 is 13.2 Å². The van der Waals surface area contributed by atoms with Gasteiger partial charge in [0, 0.05) is 6.04 Å². The Labute approximate surface area is 186 Å². The Morgan fingerprint density at radius 3 is 2.33 bits per heavy atom. The van der Waals surface area contributed by atoms with E-state index in [1.165, 1.54) is 0 Å². The molecule has 4 nitrogen and oxygen atoms in total. The molecule has 0 spiro atoms. The fourth-order valence-corrected chi connectivity index (χ4v) is 6.28. The molecule has 0 amide bonds. The minimum atomic E-state index is -3.64. The Bertz CT molecular complexity index is 1120. The van der Waals surface area contributed by atoms with Gasteiger partial charge in [-0.1, -0.05) is 61.9 Å². The predicted molar refractivity (Wildman–Crippen MR) is 123 cm³/mol. The van der Waals surface area contributed by atoms with E-state index in [9.17, 15) is 8.42 Å². The van der Waals surface area contributed by atoms with Gasteiger partial charge < -0.3 is 4.74 Å². The van der Waals surface area contributed by atoms with Gasteiger partial charge in [-0.25, -0.2) is 8.42 Å². The van der Waals surface area contributed by atoms with Gasteiger partial charge in [0.05, 0.1) is 15.1 Å². The first-order chi connectivity index (χ1) is 14.5. The monoisotopic (exact) mass is 485 g/mol. The average molecular weight is 486 g/mol. The minimum Gasteiger partial charge on any atom is -0.488 e. The third kappa shape index (κ3) is 3.98. The third-order valence-corrected chi connectivity index (χ3v) is 8.10. The number of hydrogen-bond donors (Lipinski definition) is 0. The molecular formula is C24H24BrNO3S. The van der Waals surface area contributed by atoms with Gasteiger partial charge in [-0.15, -0.1) is 0 Å². The van der Waals surface area contributed by atoms with Gasteiger partial charge >= 0.3 is 0 Å². The summed E-state index contributed by atoms with van der Waals surface area (Å²) in [5.74, 6) is 0.729. The number of benzene rings is 3. The lowest BCUT2D eigenvalue weighted by molar-refractivity contribution is 0.304. The standard InChI is InChI=1S/C24H24BrNO3S/c1-2-9-19-16-21-22(26(19)30(27,28)20-12-7-4-8-13-20)14-15-23(24(21)25)29-17-18-10-5-3-6-11-18/h3-8,10-15,19H,2,9,16-17H2,1H3. The molecule has 3 aromatic rings. The van der Waals surface area contributed by atoms with Crippen LogP contribution < -0.4 is 9.04 Å². The zero-order valence-electron chi connectivity index (χ0n) is 16.8. The fourth-order valence-electron chi connectivity index (χ4n) is 3.94. The van der Waals surface area contributed by atoms with Crippen LogP contribution in [0, 0.1) is 0 Å². The Morgan fingerprint density at radius 1 is 1.00 bits per heavy atom. The third-order valence-electron chi connectivity index (χ3n) is 5.35. The summed E-state index contributed by atoms with van der Waals surface area (Å²) in [6, 6.07) is 22.3. The molecule has 156 valence electrons. The first kappa shape index (κ1) is 20.9. The van der Waals surface area contributed by atoms with Crippen molar-refractivity contribution in [1.29, 1.82) is 0 Å². The molecule has 0 aromatic heterocycles. The van der Waals surface area contributed by atoms with Crippen LogP contribution in [0.4, 0.5) is 5.69 Å². The second-order valence-electron chi connectivity index (χ2n) is 7.41. The van der Waals surface area contributed by atoms with Gasteiger partial charge in [0.1, 0.15) is 12.4 Å². The first-order valence-corrected chi connectivity index (χ1v) is 12.3. The maximum atomic E-state index is 13.5. The number of rotatable bonds is 7. The fraction of sp³-hybridized carbons (Fsp3) is 0.250. The van der Waals surface area contributed by atoms with Crippen molar-refractivity contribution >= 4 is 31.6 Å². The van der Waals surface area contributed by atoms with Crippen LogP contribution in [0.15, 0.2) is 82.2 Å². The second-order valence-corrected chi connectivity index (χ2v) is 10.0. The highest BCUT2D eigenvalue weighted by atomic mass is 79.9. The Hall–Kier alpha value is -2.31. The Balaban J connectivity index is 1.68. The van der Waals surface area contributed by atoms with E-state index in [1.54, 1.807) is 28.6 Å². The zero-order chi connectivity index (χ0) is 21.1. The van der Waals surface area contributed by atoms with E-state index in [1.807, 2.05) is 48.5 Å². The summed E-state index contributed by atoms with van der Waals surface area (Å²) < 4.78 is 35.4. The lowest BCUT2D eigenvalue weighted by Crippen LogP contribution is -2.37. The summed E-state index contributed by atoms with van der Waals surface area (Å²) in [7, 11) is -3.64. The summed E-state index contributed by atoms with van der Waals surface area (Å²) in [4.78, 5) is 0.319. The highest BCUT2D eigenvalue weighted by Gasteiger charge is 2.39. The van der Waals surface area contributed by atoms with Crippen LogP contribution in [0.3, 0.4) is 0 Å². The van der Waals surface area contributed by atoms with E-state index in [2.05, 4.69) is 22.9 Å². The number of hydrogen-bond acceptors (Lipinski definition) is 3. The van der Waals surface area contributed by atoms with Crippen molar-refractivity contribution in [3.63, 3.8) is 0 Å². The van der Waals surface area contributed by atoms with Crippen LogP contribution in [0.25, 0.3) is 0 Å². The predicted octanol–water partition coefficient (Wildman–Crippen LogP) is 5.95. The van der Waals surface area contributed by atoms with Crippen molar-refractivity contribution in [2.45, 2.75) is 43.7 Å². The lowest BCUT2D eigenvalue weighted by atomic mass is 10.1. The molecule has 0 saturated heterocycles. The largest absolute Gasteiger partial charge is 0.488 e. The molecule has 3 aromatic carbocycles. The zero-order valence-corrected chi connectivity index (χ0v) is 19.2. The van der Waals surface area contributed by atoms with E-state index in [0.717, 1.165) is 39.9 Å². The molecule has 0 saturated carbocycles. The van der Waals surface area contributed by atoms with Crippen LogP contribution in [0.2, 0.25) is 0 Å². The molecule has 1 atom stereocenters. The Morgan fingerprint density at radius 2 is 1.67 bits per heavy atom. The maximum Gasteiger partial charge on any atom is 0.264 e. The van der Waals surface area contributed by atoms with Crippen molar-refractivity contribution in [3.05, 3.63) is 88.4 Å². The highest BCUT2D eigenvalue weighted by molar-refractivity contribution is 9.10. The number of halogens is 1. The normalized spacial score (nSPS) is 15.8. The molecule has 0 bridgehead atoms. The molecule has 0 fully saturated rings. The van der Waals surface area contributed by atoms with E-state index >= 15 is 0 Å². The van der Waals surface area contributed by atoms with Crippen LogP contribution in [-0.4, -0.2) is 14.5 Å². The van der Waals surface area contributed by atoms with Crippen molar-refractivity contribution in [2.75, 3.05) is 4.31 Å². The summed E-state index contributed by atoms with van der Waals surface area (Å²) in [5, 5.41) is 0. The molecule has 0 N–H and O–H groups in total. The van der Waals surface area contributed by atoms with Gasteiger partial charge in [-0.3, -0.25) is 4.31 Å². The minimum absolute atomic E-state index is 0.101. The lowest BCUT2D eigenvalue weighted by Gasteiger charge is -2.27.